The molecule has 1 aliphatic rings. The van der Waals surface area contributed by atoms with Gasteiger partial charge in [0.15, 0.2) is 0 Å². The van der Waals surface area contributed by atoms with Gasteiger partial charge in [0, 0.05) is 5.25 Å². The lowest BCUT2D eigenvalue weighted by molar-refractivity contribution is 0.293. The van der Waals surface area contributed by atoms with Crippen LogP contribution in [0.5, 0.6) is 5.75 Å². The quantitative estimate of drug-likeness (QED) is 0.684. The fourth-order valence-corrected chi connectivity index (χ4v) is 2.20. The molecule has 2 rings (SSSR count). The molecule has 1 nitrogen and oxygen atoms in total. The molecule has 1 fully saturated rings. The summed E-state index contributed by atoms with van der Waals surface area (Å²) in [5.74, 6) is 0.975. The van der Waals surface area contributed by atoms with Gasteiger partial charge in [-0.2, -0.15) is 0 Å². The van der Waals surface area contributed by atoms with Gasteiger partial charge in [-0.25, -0.2) is 0 Å². The summed E-state index contributed by atoms with van der Waals surface area (Å²) in [6.07, 6.45) is 0. The smallest absolute Gasteiger partial charge is 0.119 e. The van der Waals surface area contributed by atoms with Crippen LogP contribution in [-0.2, 0) is 0 Å². The number of rotatable bonds is 3. The number of thioether (sulfide) groups is 1. The second kappa shape index (κ2) is 3.26. The maximum absolute atomic E-state index is 5.68. The van der Waals surface area contributed by atoms with E-state index in [0.717, 1.165) is 17.6 Å². The third-order valence-corrected chi connectivity index (χ3v) is 4.15. The fourth-order valence-electron chi connectivity index (χ4n) is 1.26. The van der Waals surface area contributed by atoms with Gasteiger partial charge in [0.1, 0.15) is 12.4 Å². The summed E-state index contributed by atoms with van der Waals surface area (Å²) in [7, 11) is 0. The Kier molecular flexibility index (Phi) is 2.24. The number of para-hydroxylation sites is 1. The lowest BCUT2D eigenvalue weighted by Gasteiger charge is -2.10. The van der Waals surface area contributed by atoms with Gasteiger partial charge in [0.05, 0.1) is 4.75 Å². The zero-order chi connectivity index (χ0) is 9.31. The molecule has 2 heteroatoms. The molecule has 1 aliphatic heterocycles. The van der Waals surface area contributed by atoms with Gasteiger partial charge in [0.25, 0.3) is 0 Å². The highest BCUT2D eigenvalue weighted by atomic mass is 32.2. The average Bonchev–Trinajstić information content (AvgIpc) is 2.74. The Bertz CT molecular complexity index is 285. The molecule has 0 spiro atoms. The molecular weight excluding hydrogens is 180 g/mol. The van der Waals surface area contributed by atoms with E-state index in [-0.39, 0.29) is 0 Å². The molecule has 13 heavy (non-hydrogen) atoms. The Morgan fingerprint density at radius 1 is 1.38 bits per heavy atom. The zero-order valence-corrected chi connectivity index (χ0v) is 8.80. The average molecular weight is 194 g/mol. The molecule has 2 unspecified atom stereocenters. The van der Waals surface area contributed by atoms with E-state index < -0.39 is 0 Å². The van der Waals surface area contributed by atoms with Crippen LogP contribution in [0.3, 0.4) is 0 Å². The summed E-state index contributed by atoms with van der Waals surface area (Å²) in [6.45, 7) is 5.33. The Hall–Kier alpha value is -0.630. The van der Waals surface area contributed by atoms with Crippen LogP contribution in [0.15, 0.2) is 30.3 Å². The SMILES string of the molecule is CC1SC1(C)COc1ccccc1. The number of benzene rings is 1. The predicted octanol–water partition coefficient (Wildman–Crippen LogP) is 2.96. The van der Waals surface area contributed by atoms with Gasteiger partial charge in [-0.15, -0.1) is 11.8 Å². The highest BCUT2D eigenvalue weighted by Crippen LogP contribution is 2.52. The molecule has 1 aromatic carbocycles. The molecule has 0 bridgehead atoms. The molecule has 2 atom stereocenters. The highest BCUT2D eigenvalue weighted by molar-refractivity contribution is 8.08. The molecule has 0 aromatic heterocycles. The van der Waals surface area contributed by atoms with E-state index in [0.29, 0.717) is 4.75 Å². The van der Waals surface area contributed by atoms with E-state index in [1.54, 1.807) is 0 Å². The first kappa shape index (κ1) is 8.95. The van der Waals surface area contributed by atoms with E-state index in [2.05, 4.69) is 13.8 Å². The molecule has 1 aromatic rings. The van der Waals surface area contributed by atoms with Crippen molar-refractivity contribution in [2.75, 3.05) is 6.61 Å². The summed E-state index contributed by atoms with van der Waals surface area (Å²) >= 11 is 1.99. The Morgan fingerprint density at radius 3 is 2.54 bits per heavy atom. The summed E-state index contributed by atoms with van der Waals surface area (Å²) < 4.78 is 6.04. The van der Waals surface area contributed by atoms with Crippen molar-refractivity contribution in [3.05, 3.63) is 30.3 Å². The van der Waals surface area contributed by atoms with Crippen LogP contribution in [0.4, 0.5) is 0 Å². The molecular formula is C11H14OS. The summed E-state index contributed by atoms with van der Waals surface area (Å²) in [5, 5.41) is 0.746. The molecule has 0 aliphatic carbocycles. The first-order chi connectivity index (χ1) is 6.21. The second-order valence-electron chi connectivity index (χ2n) is 3.67. The van der Waals surface area contributed by atoms with Gasteiger partial charge in [-0.05, 0) is 19.1 Å². The van der Waals surface area contributed by atoms with Gasteiger partial charge in [0.2, 0.25) is 0 Å². The van der Waals surface area contributed by atoms with Crippen LogP contribution in [0.25, 0.3) is 0 Å². The van der Waals surface area contributed by atoms with Crippen molar-refractivity contribution in [3.63, 3.8) is 0 Å². The van der Waals surface area contributed by atoms with Crippen molar-refractivity contribution in [1.82, 2.24) is 0 Å². The molecule has 0 amide bonds. The van der Waals surface area contributed by atoms with Crippen LogP contribution >= 0.6 is 11.8 Å². The minimum Gasteiger partial charge on any atom is -0.492 e. The number of ether oxygens (including phenoxy) is 1. The van der Waals surface area contributed by atoms with Gasteiger partial charge >= 0.3 is 0 Å². The van der Waals surface area contributed by atoms with Crippen LogP contribution < -0.4 is 4.74 Å². The summed E-state index contributed by atoms with van der Waals surface area (Å²) in [6, 6.07) is 10.0. The fraction of sp³-hybridized carbons (Fsp3) is 0.455. The van der Waals surface area contributed by atoms with E-state index in [1.807, 2.05) is 42.1 Å². The molecule has 1 heterocycles. The monoisotopic (exact) mass is 194 g/mol. The van der Waals surface area contributed by atoms with Crippen molar-refractivity contribution >= 4 is 11.8 Å². The van der Waals surface area contributed by atoms with E-state index in [9.17, 15) is 0 Å². The number of hydrogen-bond donors (Lipinski definition) is 0. The van der Waals surface area contributed by atoms with E-state index in [1.165, 1.54) is 0 Å². The first-order valence-electron chi connectivity index (χ1n) is 4.56. The predicted molar refractivity (Wildman–Crippen MR) is 57.4 cm³/mol. The topological polar surface area (TPSA) is 9.23 Å². The van der Waals surface area contributed by atoms with Crippen LogP contribution in [0.1, 0.15) is 13.8 Å². The Morgan fingerprint density at radius 2 is 2.00 bits per heavy atom. The van der Waals surface area contributed by atoms with Crippen molar-refractivity contribution in [3.8, 4) is 5.75 Å². The molecule has 0 saturated carbocycles. The Labute approximate surface area is 83.5 Å². The maximum Gasteiger partial charge on any atom is 0.119 e. The molecule has 70 valence electrons. The first-order valence-corrected chi connectivity index (χ1v) is 5.44. The van der Waals surface area contributed by atoms with E-state index >= 15 is 0 Å². The zero-order valence-electron chi connectivity index (χ0n) is 7.99. The second-order valence-corrected chi connectivity index (χ2v) is 5.55. The van der Waals surface area contributed by atoms with Gasteiger partial charge in [-0.1, -0.05) is 25.1 Å². The third-order valence-electron chi connectivity index (χ3n) is 2.52. The summed E-state index contributed by atoms with van der Waals surface area (Å²) in [5.41, 5.74) is 0. The summed E-state index contributed by atoms with van der Waals surface area (Å²) in [4.78, 5) is 0. The van der Waals surface area contributed by atoms with E-state index in [4.69, 9.17) is 4.74 Å². The van der Waals surface area contributed by atoms with Crippen molar-refractivity contribution in [2.24, 2.45) is 0 Å². The minimum absolute atomic E-state index is 0.357. The molecule has 1 saturated heterocycles. The lowest BCUT2D eigenvalue weighted by atomic mass is 10.1. The number of hydrogen-bond acceptors (Lipinski definition) is 2. The van der Waals surface area contributed by atoms with Crippen molar-refractivity contribution in [2.45, 2.75) is 23.8 Å². The highest BCUT2D eigenvalue weighted by Gasteiger charge is 2.48. The minimum atomic E-state index is 0.357. The molecule has 0 N–H and O–H groups in total. The van der Waals surface area contributed by atoms with Crippen molar-refractivity contribution in [1.29, 1.82) is 0 Å². The van der Waals surface area contributed by atoms with Crippen LogP contribution in [0, 0.1) is 0 Å². The van der Waals surface area contributed by atoms with Crippen LogP contribution in [-0.4, -0.2) is 16.6 Å². The third kappa shape index (κ3) is 1.99. The normalized spacial score (nSPS) is 31.4. The van der Waals surface area contributed by atoms with Crippen LogP contribution in [0.2, 0.25) is 0 Å². The largest absolute Gasteiger partial charge is 0.492 e. The lowest BCUT2D eigenvalue weighted by Crippen LogP contribution is -2.18. The van der Waals surface area contributed by atoms with Crippen molar-refractivity contribution < 1.29 is 4.74 Å². The standard InChI is InChI=1S/C11H14OS/c1-9-11(2,13-9)8-12-10-6-4-3-5-7-10/h3-7,9H,8H2,1-2H3. The molecule has 0 radical (unpaired) electrons. The maximum atomic E-state index is 5.68. The Balaban J connectivity index is 1.87. The van der Waals surface area contributed by atoms with Gasteiger partial charge in [-0.3, -0.25) is 0 Å². The van der Waals surface area contributed by atoms with Gasteiger partial charge < -0.3 is 4.74 Å².